The molecule has 4 nitrogen and oxygen atoms in total. The van der Waals surface area contributed by atoms with E-state index in [9.17, 15) is 4.79 Å². The zero-order chi connectivity index (χ0) is 21.9. The van der Waals surface area contributed by atoms with E-state index in [1.807, 2.05) is 47.1 Å². The Bertz CT molecular complexity index is 1150. The monoisotopic (exact) mass is 421 g/mol. The van der Waals surface area contributed by atoms with Gasteiger partial charge in [0.2, 0.25) is 0 Å². The number of anilines is 1. The molecule has 5 rings (SSSR count). The van der Waals surface area contributed by atoms with Gasteiger partial charge >= 0.3 is 0 Å². The van der Waals surface area contributed by atoms with Crippen molar-refractivity contribution < 1.29 is 4.79 Å². The van der Waals surface area contributed by atoms with Gasteiger partial charge in [-0.15, -0.1) is 0 Å². The first kappa shape index (κ1) is 20.3. The molecule has 0 fully saturated rings. The molecule has 0 aliphatic carbocycles. The van der Waals surface area contributed by atoms with E-state index in [-0.39, 0.29) is 23.8 Å². The lowest BCUT2D eigenvalue weighted by Gasteiger charge is -2.31. The predicted molar refractivity (Wildman–Crippen MR) is 128 cm³/mol. The standard InChI is InChI=1S/C28H27N3O/c1-20-17-26(23-15-9-4-10-16-23)30-28-25(19-29-31(20)28)27(32)18-24(21-11-5-2-6-12-21)22-13-7-3-8-14-22/h2-16,19-20,24,26,30H,17-18H2,1H3. The zero-order valence-electron chi connectivity index (χ0n) is 18.2. The Balaban J connectivity index is 1.45. The van der Waals surface area contributed by atoms with E-state index in [2.05, 4.69) is 65.9 Å². The van der Waals surface area contributed by atoms with E-state index in [0.29, 0.717) is 12.0 Å². The van der Waals surface area contributed by atoms with Crippen molar-refractivity contribution in [1.29, 1.82) is 0 Å². The number of hydrogen-bond donors (Lipinski definition) is 1. The van der Waals surface area contributed by atoms with Crippen LogP contribution in [0.2, 0.25) is 0 Å². The molecule has 0 amide bonds. The molecule has 4 aromatic rings. The van der Waals surface area contributed by atoms with Crippen molar-refractivity contribution in [2.75, 3.05) is 5.32 Å². The number of fused-ring (bicyclic) bond motifs is 1. The molecule has 0 bridgehead atoms. The average molecular weight is 422 g/mol. The smallest absolute Gasteiger partial charge is 0.169 e. The fourth-order valence-corrected chi connectivity index (χ4v) is 4.71. The summed E-state index contributed by atoms with van der Waals surface area (Å²) in [7, 11) is 0. The fraction of sp³-hybridized carbons (Fsp3) is 0.214. The molecule has 0 radical (unpaired) electrons. The summed E-state index contributed by atoms with van der Waals surface area (Å²) in [5.41, 5.74) is 4.21. The van der Waals surface area contributed by atoms with Crippen molar-refractivity contribution in [1.82, 2.24) is 9.78 Å². The molecule has 2 unspecified atom stereocenters. The minimum Gasteiger partial charge on any atom is -0.363 e. The highest BCUT2D eigenvalue weighted by Crippen LogP contribution is 2.38. The Morgan fingerprint density at radius 3 is 2.09 bits per heavy atom. The van der Waals surface area contributed by atoms with Crippen LogP contribution in [0.15, 0.2) is 97.2 Å². The number of ketones is 1. The number of benzene rings is 3. The Morgan fingerprint density at radius 1 is 0.938 bits per heavy atom. The van der Waals surface area contributed by atoms with Gasteiger partial charge in [-0.2, -0.15) is 5.10 Å². The van der Waals surface area contributed by atoms with Crippen molar-refractivity contribution in [2.45, 2.75) is 37.8 Å². The average Bonchev–Trinajstić information content (AvgIpc) is 3.29. The summed E-state index contributed by atoms with van der Waals surface area (Å²) in [6.07, 6.45) is 3.07. The van der Waals surface area contributed by atoms with E-state index in [1.165, 1.54) is 5.56 Å². The number of carbonyl (C=O) groups is 1. The molecule has 1 aliphatic rings. The SMILES string of the molecule is CC1CC(c2ccccc2)Nc2c(C(=O)CC(c3ccccc3)c3ccccc3)cnn21. The first-order chi connectivity index (χ1) is 15.7. The van der Waals surface area contributed by atoms with Gasteiger partial charge in [-0.3, -0.25) is 4.79 Å². The molecule has 4 heteroatoms. The Hall–Kier alpha value is -3.66. The maximum absolute atomic E-state index is 13.6. The van der Waals surface area contributed by atoms with Crippen LogP contribution in [0.4, 0.5) is 5.82 Å². The topological polar surface area (TPSA) is 46.9 Å². The molecular formula is C28H27N3O. The normalized spacial score (nSPS) is 17.6. The Labute approximate surface area is 188 Å². The maximum atomic E-state index is 13.6. The van der Waals surface area contributed by atoms with E-state index in [4.69, 9.17) is 0 Å². The van der Waals surface area contributed by atoms with Crippen molar-refractivity contribution in [3.8, 4) is 0 Å². The van der Waals surface area contributed by atoms with Crippen LogP contribution in [0.3, 0.4) is 0 Å². The van der Waals surface area contributed by atoms with Crippen LogP contribution in [-0.4, -0.2) is 15.6 Å². The molecule has 0 spiro atoms. The second-order valence-corrected chi connectivity index (χ2v) is 8.55. The largest absolute Gasteiger partial charge is 0.363 e. The third-order valence-corrected chi connectivity index (χ3v) is 6.40. The minimum atomic E-state index is 0.00591. The predicted octanol–water partition coefficient (Wildman–Crippen LogP) is 6.41. The minimum absolute atomic E-state index is 0.00591. The lowest BCUT2D eigenvalue weighted by atomic mass is 9.86. The van der Waals surface area contributed by atoms with Crippen LogP contribution in [-0.2, 0) is 0 Å². The van der Waals surface area contributed by atoms with Gasteiger partial charge in [0.05, 0.1) is 23.8 Å². The van der Waals surface area contributed by atoms with Gasteiger partial charge in [-0.1, -0.05) is 91.0 Å². The number of aromatic nitrogens is 2. The first-order valence-corrected chi connectivity index (χ1v) is 11.2. The fourth-order valence-electron chi connectivity index (χ4n) is 4.71. The van der Waals surface area contributed by atoms with Crippen molar-refractivity contribution in [3.05, 3.63) is 119 Å². The molecule has 0 saturated heterocycles. The van der Waals surface area contributed by atoms with Gasteiger partial charge in [-0.05, 0) is 30.0 Å². The maximum Gasteiger partial charge on any atom is 0.169 e. The Morgan fingerprint density at radius 2 is 1.50 bits per heavy atom. The summed E-state index contributed by atoms with van der Waals surface area (Å²) in [6.45, 7) is 2.16. The van der Waals surface area contributed by atoms with Crippen LogP contribution >= 0.6 is 0 Å². The second-order valence-electron chi connectivity index (χ2n) is 8.55. The molecule has 1 N–H and O–H groups in total. The van der Waals surface area contributed by atoms with Gasteiger partial charge in [0, 0.05) is 12.3 Å². The van der Waals surface area contributed by atoms with Crippen LogP contribution < -0.4 is 5.32 Å². The number of nitrogens with zero attached hydrogens (tertiary/aromatic N) is 2. The van der Waals surface area contributed by atoms with Crippen molar-refractivity contribution >= 4 is 11.6 Å². The van der Waals surface area contributed by atoms with Gasteiger partial charge in [0.1, 0.15) is 5.82 Å². The molecule has 3 aromatic carbocycles. The zero-order valence-corrected chi connectivity index (χ0v) is 18.2. The van der Waals surface area contributed by atoms with Crippen LogP contribution in [0.25, 0.3) is 0 Å². The van der Waals surface area contributed by atoms with Crippen LogP contribution in [0.1, 0.15) is 64.8 Å². The molecule has 32 heavy (non-hydrogen) atoms. The number of carbonyl (C=O) groups excluding carboxylic acids is 1. The van der Waals surface area contributed by atoms with Gasteiger partial charge < -0.3 is 5.32 Å². The highest BCUT2D eigenvalue weighted by Gasteiger charge is 2.30. The molecule has 0 saturated carbocycles. The molecule has 160 valence electrons. The Kier molecular flexibility index (Phi) is 5.59. The van der Waals surface area contributed by atoms with Crippen LogP contribution in [0, 0.1) is 0 Å². The van der Waals surface area contributed by atoms with E-state index in [0.717, 1.165) is 23.4 Å². The van der Waals surface area contributed by atoms with Crippen molar-refractivity contribution in [3.63, 3.8) is 0 Å². The number of nitrogens with one attached hydrogen (secondary N) is 1. The number of Topliss-reactive ketones (excluding diaryl/α,β-unsaturated/α-hetero) is 1. The van der Waals surface area contributed by atoms with E-state index < -0.39 is 0 Å². The quantitative estimate of drug-likeness (QED) is 0.366. The summed E-state index contributed by atoms with van der Waals surface area (Å²) in [6, 6.07) is 31.4. The molecule has 2 heterocycles. The van der Waals surface area contributed by atoms with Gasteiger partial charge in [0.25, 0.3) is 0 Å². The second kappa shape index (κ2) is 8.83. The molecule has 1 aliphatic heterocycles. The lowest BCUT2D eigenvalue weighted by Crippen LogP contribution is -2.26. The molecular weight excluding hydrogens is 394 g/mol. The summed E-state index contributed by atoms with van der Waals surface area (Å²) < 4.78 is 1.96. The highest BCUT2D eigenvalue weighted by molar-refractivity contribution is 6.01. The molecule has 1 aromatic heterocycles. The van der Waals surface area contributed by atoms with Gasteiger partial charge in [-0.25, -0.2) is 4.68 Å². The molecule has 2 atom stereocenters. The van der Waals surface area contributed by atoms with E-state index >= 15 is 0 Å². The highest BCUT2D eigenvalue weighted by atomic mass is 16.1. The first-order valence-electron chi connectivity index (χ1n) is 11.2. The third-order valence-electron chi connectivity index (χ3n) is 6.40. The number of rotatable bonds is 6. The van der Waals surface area contributed by atoms with Crippen molar-refractivity contribution in [2.24, 2.45) is 0 Å². The summed E-state index contributed by atoms with van der Waals surface area (Å²) >= 11 is 0. The summed E-state index contributed by atoms with van der Waals surface area (Å²) in [5, 5.41) is 8.18. The summed E-state index contributed by atoms with van der Waals surface area (Å²) in [5.74, 6) is 0.950. The third kappa shape index (κ3) is 3.96. The van der Waals surface area contributed by atoms with Gasteiger partial charge in [0.15, 0.2) is 5.78 Å². The van der Waals surface area contributed by atoms with Crippen LogP contribution in [0.5, 0.6) is 0 Å². The van der Waals surface area contributed by atoms with E-state index in [1.54, 1.807) is 6.20 Å². The summed E-state index contributed by atoms with van der Waals surface area (Å²) in [4.78, 5) is 13.6. The lowest BCUT2D eigenvalue weighted by molar-refractivity contribution is 0.0978. The number of hydrogen-bond acceptors (Lipinski definition) is 3.